The Balaban J connectivity index is 1.45. The molecule has 152 valence electrons. The lowest BCUT2D eigenvalue weighted by molar-refractivity contribution is -0.160. The SMILES string of the molecule is COC1(C(=O)N2CCCC3(CCc4c3nc(C3CC3)[nH]c4=O)C2)CCNCC1. The van der Waals surface area contributed by atoms with Gasteiger partial charge in [0.15, 0.2) is 0 Å². The van der Waals surface area contributed by atoms with Crippen LogP contribution in [0.2, 0.25) is 0 Å². The molecular formula is C21H30N4O3. The van der Waals surface area contributed by atoms with Crippen molar-refractivity contribution in [3.05, 3.63) is 27.4 Å². The minimum absolute atomic E-state index is 0.0407. The number of hydrogen-bond acceptors (Lipinski definition) is 5. The van der Waals surface area contributed by atoms with Crippen LogP contribution >= 0.6 is 0 Å². The predicted octanol–water partition coefficient (Wildman–Crippen LogP) is 1.22. The van der Waals surface area contributed by atoms with Crippen molar-refractivity contribution in [3.8, 4) is 0 Å². The number of likely N-dealkylation sites (tertiary alicyclic amines) is 1. The van der Waals surface area contributed by atoms with E-state index in [2.05, 4.69) is 10.3 Å². The van der Waals surface area contributed by atoms with Crippen molar-refractivity contribution in [1.82, 2.24) is 20.2 Å². The van der Waals surface area contributed by atoms with Gasteiger partial charge in [0.2, 0.25) is 0 Å². The summed E-state index contributed by atoms with van der Waals surface area (Å²) in [4.78, 5) is 36.1. The number of piperidine rings is 2. The molecule has 1 aromatic rings. The van der Waals surface area contributed by atoms with E-state index in [1.165, 1.54) is 0 Å². The number of aromatic nitrogens is 2. The van der Waals surface area contributed by atoms with Crippen LogP contribution in [0.25, 0.3) is 0 Å². The molecule has 2 aliphatic carbocycles. The van der Waals surface area contributed by atoms with Gasteiger partial charge in [-0.05, 0) is 64.5 Å². The Kier molecular flexibility index (Phi) is 4.36. The maximum atomic E-state index is 13.5. The van der Waals surface area contributed by atoms with Gasteiger partial charge in [-0.3, -0.25) is 9.59 Å². The molecule has 0 radical (unpaired) electrons. The zero-order valence-electron chi connectivity index (χ0n) is 16.7. The molecule has 1 aromatic heterocycles. The molecule has 1 amide bonds. The first-order chi connectivity index (χ1) is 13.6. The first-order valence-electron chi connectivity index (χ1n) is 10.8. The van der Waals surface area contributed by atoms with E-state index in [0.29, 0.717) is 25.3 Å². The van der Waals surface area contributed by atoms with Gasteiger partial charge in [0.25, 0.3) is 11.5 Å². The third-order valence-electron chi connectivity index (χ3n) is 7.41. The van der Waals surface area contributed by atoms with Crippen molar-refractivity contribution >= 4 is 5.91 Å². The van der Waals surface area contributed by atoms with Gasteiger partial charge in [0.05, 0.1) is 5.69 Å². The monoisotopic (exact) mass is 386 g/mol. The first kappa shape index (κ1) is 18.3. The van der Waals surface area contributed by atoms with Crippen molar-refractivity contribution in [3.63, 3.8) is 0 Å². The lowest BCUT2D eigenvalue weighted by atomic mass is 9.76. The highest BCUT2D eigenvalue weighted by Crippen LogP contribution is 2.45. The normalized spacial score (nSPS) is 29.1. The Labute approximate surface area is 165 Å². The molecule has 1 unspecified atom stereocenters. The molecule has 1 atom stereocenters. The average molecular weight is 386 g/mol. The molecule has 3 fully saturated rings. The summed E-state index contributed by atoms with van der Waals surface area (Å²) in [5.74, 6) is 1.40. The van der Waals surface area contributed by atoms with E-state index >= 15 is 0 Å². The van der Waals surface area contributed by atoms with Crippen molar-refractivity contribution in [1.29, 1.82) is 0 Å². The van der Waals surface area contributed by atoms with Crippen LogP contribution < -0.4 is 10.9 Å². The Morgan fingerprint density at radius 1 is 1.21 bits per heavy atom. The molecule has 3 heterocycles. The number of rotatable bonds is 3. The second kappa shape index (κ2) is 6.66. The number of H-pyrrole nitrogens is 1. The van der Waals surface area contributed by atoms with E-state index in [-0.39, 0.29) is 16.9 Å². The second-order valence-electron chi connectivity index (χ2n) is 9.11. The summed E-state index contributed by atoms with van der Waals surface area (Å²) in [6, 6.07) is 0. The zero-order chi connectivity index (χ0) is 19.4. The standard InChI is InChI=1S/C21H30N4O3/c1-28-21(8-10-22-11-9-21)19(27)25-12-2-6-20(13-25)7-5-15-16(20)23-17(14-3-4-14)24-18(15)26/h14,22H,2-13H2,1H3,(H,23,24,26). The average Bonchev–Trinajstić information content (AvgIpc) is 3.53. The molecule has 2 saturated heterocycles. The number of carbonyl (C=O) groups excluding carboxylic acids is 1. The number of amides is 1. The summed E-state index contributed by atoms with van der Waals surface area (Å²) in [7, 11) is 1.66. The second-order valence-corrected chi connectivity index (χ2v) is 9.11. The van der Waals surface area contributed by atoms with E-state index < -0.39 is 5.60 Å². The highest BCUT2D eigenvalue weighted by Gasteiger charge is 2.49. The van der Waals surface area contributed by atoms with Crippen molar-refractivity contribution in [2.24, 2.45) is 0 Å². The van der Waals surface area contributed by atoms with Crippen LogP contribution in [0.4, 0.5) is 0 Å². The number of ether oxygens (including phenoxy) is 1. The van der Waals surface area contributed by atoms with Crippen LogP contribution in [-0.4, -0.2) is 59.7 Å². The Morgan fingerprint density at radius 3 is 2.71 bits per heavy atom. The van der Waals surface area contributed by atoms with Crippen LogP contribution in [0.15, 0.2) is 4.79 Å². The van der Waals surface area contributed by atoms with E-state index in [0.717, 1.165) is 75.2 Å². The highest BCUT2D eigenvalue weighted by molar-refractivity contribution is 5.85. The van der Waals surface area contributed by atoms with Gasteiger partial charge >= 0.3 is 0 Å². The number of hydrogen-bond donors (Lipinski definition) is 2. The fourth-order valence-corrected chi connectivity index (χ4v) is 5.55. The van der Waals surface area contributed by atoms with Gasteiger partial charge in [-0.15, -0.1) is 0 Å². The molecule has 7 nitrogen and oxygen atoms in total. The van der Waals surface area contributed by atoms with Crippen molar-refractivity contribution in [2.45, 2.75) is 68.3 Å². The molecule has 5 rings (SSSR count). The number of carbonyl (C=O) groups is 1. The minimum Gasteiger partial charge on any atom is -0.368 e. The number of nitrogens with zero attached hydrogens (tertiary/aromatic N) is 2. The smallest absolute Gasteiger partial charge is 0.254 e. The summed E-state index contributed by atoms with van der Waals surface area (Å²) in [5, 5.41) is 3.32. The predicted molar refractivity (Wildman–Crippen MR) is 104 cm³/mol. The third kappa shape index (κ3) is 2.82. The molecule has 2 N–H and O–H groups in total. The van der Waals surface area contributed by atoms with Gasteiger partial charge in [-0.1, -0.05) is 0 Å². The van der Waals surface area contributed by atoms with Gasteiger partial charge in [0.1, 0.15) is 11.4 Å². The summed E-state index contributed by atoms with van der Waals surface area (Å²) < 4.78 is 5.79. The van der Waals surface area contributed by atoms with Crippen LogP contribution in [-0.2, 0) is 21.4 Å². The van der Waals surface area contributed by atoms with E-state index in [1.54, 1.807) is 7.11 Å². The molecule has 1 spiro atoms. The number of fused-ring (bicyclic) bond motifs is 2. The topological polar surface area (TPSA) is 87.3 Å². The summed E-state index contributed by atoms with van der Waals surface area (Å²) in [6.07, 6.45) is 7.30. The molecule has 4 aliphatic rings. The third-order valence-corrected chi connectivity index (χ3v) is 7.41. The Hall–Kier alpha value is -1.73. The van der Waals surface area contributed by atoms with Crippen LogP contribution in [0, 0.1) is 0 Å². The van der Waals surface area contributed by atoms with Gasteiger partial charge in [0, 0.05) is 37.1 Å². The summed E-state index contributed by atoms with van der Waals surface area (Å²) in [6.45, 7) is 3.05. The van der Waals surface area contributed by atoms with Crippen LogP contribution in [0.5, 0.6) is 0 Å². The Bertz CT molecular complexity index is 841. The maximum Gasteiger partial charge on any atom is 0.254 e. The van der Waals surface area contributed by atoms with Gasteiger partial charge in [-0.2, -0.15) is 0 Å². The van der Waals surface area contributed by atoms with Crippen molar-refractivity contribution in [2.75, 3.05) is 33.3 Å². The molecule has 0 aromatic carbocycles. The highest BCUT2D eigenvalue weighted by atomic mass is 16.5. The molecular weight excluding hydrogens is 356 g/mol. The summed E-state index contributed by atoms with van der Waals surface area (Å²) in [5.41, 5.74) is 1.00. The van der Waals surface area contributed by atoms with E-state index in [1.807, 2.05) is 4.90 Å². The van der Waals surface area contributed by atoms with E-state index in [4.69, 9.17) is 9.72 Å². The lowest BCUT2D eigenvalue weighted by Gasteiger charge is -2.45. The number of nitrogens with one attached hydrogen (secondary N) is 2. The summed E-state index contributed by atoms with van der Waals surface area (Å²) >= 11 is 0. The number of aromatic amines is 1. The van der Waals surface area contributed by atoms with E-state index in [9.17, 15) is 9.59 Å². The fraction of sp³-hybridized carbons (Fsp3) is 0.762. The molecule has 28 heavy (non-hydrogen) atoms. The Morgan fingerprint density at radius 2 is 2.00 bits per heavy atom. The quantitative estimate of drug-likeness (QED) is 0.816. The van der Waals surface area contributed by atoms with Gasteiger partial charge in [-0.25, -0.2) is 4.98 Å². The zero-order valence-corrected chi connectivity index (χ0v) is 16.7. The van der Waals surface area contributed by atoms with Crippen molar-refractivity contribution < 1.29 is 9.53 Å². The lowest BCUT2D eigenvalue weighted by Crippen LogP contribution is -2.59. The van der Waals surface area contributed by atoms with Gasteiger partial charge < -0.3 is 19.9 Å². The molecule has 7 heteroatoms. The molecule has 0 bridgehead atoms. The van der Waals surface area contributed by atoms with Crippen LogP contribution in [0.3, 0.4) is 0 Å². The fourth-order valence-electron chi connectivity index (χ4n) is 5.55. The van der Waals surface area contributed by atoms with Crippen LogP contribution in [0.1, 0.15) is 67.9 Å². The largest absolute Gasteiger partial charge is 0.368 e. The molecule has 1 saturated carbocycles. The maximum absolute atomic E-state index is 13.5. The minimum atomic E-state index is -0.702. The first-order valence-corrected chi connectivity index (χ1v) is 10.8. The molecule has 2 aliphatic heterocycles. The number of methoxy groups -OCH3 is 1.